The second-order valence-corrected chi connectivity index (χ2v) is 8.87. The summed E-state index contributed by atoms with van der Waals surface area (Å²) in [7, 11) is 0. The lowest BCUT2D eigenvalue weighted by molar-refractivity contribution is -0.120. The molecule has 33 heavy (non-hydrogen) atoms. The van der Waals surface area contributed by atoms with Gasteiger partial charge in [-0.3, -0.25) is 19.4 Å². The topological polar surface area (TPSA) is 67.9 Å². The Labute approximate surface area is 196 Å². The van der Waals surface area contributed by atoms with Crippen LogP contribution in [0.15, 0.2) is 48.5 Å². The quantitative estimate of drug-likeness (QED) is 0.648. The van der Waals surface area contributed by atoms with Crippen LogP contribution in [0, 0.1) is 0 Å². The highest BCUT2D eigenvalue weighted by Gasteiger charge is 2.22. The standard InChI is InChI=1S/C26H35N5O2/c1-2-21-9-3-4-10-22(21)27-25(32)19-29-15-17-30(18-16-29)20-26(33)28-23-11-5-6-12-24(23)31-13-7-8-14-31/h3-6,9-12H,2,7-8,13-20H2,1H3,(H,27,32)(H,28,33). The van der Waals surface area contributed by atoms with Crippen molar-refractivity contribution in [1.29, 1.82) is 0 Å². The average Bonchev–Trinajstić information content (AvgIpc) is 3.36. The number of carbonyl (C=O) groups is 2. The highest BCUT2D eigenvalue weighted by Crippen LogP contribution is 2.28. The lowest BCUT2D eigenvalue weighted by Crippen LogP contribution is -2.50. The molecule has 2 aromatic rings. The maximum absolute atomic E-state index is 12.7. The predicted octanol–water partition coefficient (Wildman–Crippen LogP) is 3.04. The summed E-state index contributed by atoms with van der Waals surface area (Å²) in [5.74, 6) is 0.0321. The van der Waals surface area contributed by atoms with Crippen LogP contribution in [0.3, 0.4) is 0 Å². The second kappa shape index (κ2) is 11.3. The van der Waals surface area contributed by atoms with Gasteiger partial charge >= 0.3 is 0 Å². The lowest BCUT2D eigenvalue weighted by Gasteiger charge is -2.34. The van der Waals surface area contributed by atoms with Gasteiger partial charge in [0.15, 0.2) is 0 Å². The highest BCUT2D eigenvalue weighted by molar-refractivity contribution is 5.95. The number of nitrogens with one attached hydrogen (secondary N) is 2. The average molecular weight is 450 g/mol. The summed E-state index contributed by atoms with van der Waals surface area (Å²) in [6.07, 6.45) is 3.30. The summed E-state index contributed by atoms with van der Waals surface area (Å²) in [4.78, 5) is 31.9. The molecule has 0 aliphatic carbocycles. The van der Waals surface area contributed by atoms with Gasteiger partial charge in [-0.25, -0.2) is 0 Å². The molecule has 0 aromatic heterocycles. The van der Waals surface area contributed by atoms with E-state index in [4.69, 9.17) is 0 Å². The van der Waals surface area contributed by atoms with E-state index in [1.165, 1.54) is 12.8 Å². The van der Waals surface area contributed by atoms with Crippen molar-refractivity contribution in [3.63, 3.8) is 0 Å². The van der Waals surface area contributed by atoms with Crippen molar-refractivity contribution in [2.24, 2.45) is 0 Å². The molecule has 0 bridgehead atoms. The Morgan fingerprint density at radius 2 is 1.24 bits per heavy atom. The number of hydrogen-bond donors (Lipinski definition) is 2. The maximum atomic E-state index is 12.7. The highest BCUT2D eigenvalue weighted by atomic mass is 16.2. The van der Waals surface area contributed by atoms with Crippen molar-refractivity contribution in [3.05, 3.63) is 54.1 Å². The zero-order chi connectivity index (χ0) is 23.0. The van der Waals surface area contributed by atoms with Crippen molar-refractivity contribution < 1.29 is 9.59 Å². The zero-order valence-corrected chi connectivity index (χ0v) is 19.6. The van der Waals surface area contributed by atoms with Crippen molar-refractivity contribution >= 4 is 28.9 Å². The van der Waals surface area contributed by atoms with Gasteiger partial charge in [-0.1, -0.05) is 37.3 Å². The minimum atomic E-state index is 0.0145. The summed E-state index contributed by atoms with van der Waals surface area (Å²) in [6, 6.07) is 16.0. The van der Waals surface area contributed by atoms with Crippen molar-refractivity contribution in [3.8, 4) is 0 Å². The van der Waals surface area contributed by atoms with E-state index in [1.54, 1.807) is 0 Å². The molecule has 2 aliphatic heterocycles. The molecule has 2 amide bonds. The van der Waals surface area contributed by atoms with Gasteiger partial charge in [-0.2, -0.15) is 0 Å². The number of nitrogens with zero attached hydrogens (tertiary/aromatic N) is 3. The van der Waals surface area contributed by atoms with Crippen LogP contribution in [0.25, 0.3) is 0 Å². The summed E-state index contributed by atoms with van der Waals surface area (Å²) in [5.41, 5.74) is 4.05. The third-order valence-electron chi connectivity index (χ3n) is 6.50. The molecule has 2 aliphatic rings. The third-order valence-corrected chi connectivity index (χ3v) is 6.50. The van der Waals surface area contributed by atoms with E-state index in [0.29, 0.717) is 13.1 Å². The molecule has 0 unspecified atom stereocenters. The second-order valence-electron chi connectivity index (χ2n) is 8.87. The van der Waals surface area contributed by atoms with Crippen molar-refractivity contribution in [2.45, 2.75) is 26.2 Å². The fourth-order valence-corrected chi connectivity index (χ4v) is 4.65. The molecule has 0 radical (unpaired) electrons. The normalized spacial score (nSPS) is 17.2. The summed E-state index contributed by atoms with van der Waals surface area (Å²) < 4.78 is 0. The summed E-state index contributed by atoms with van der Waals surface area (Å²) in [6.45, 7) is 8.05. The number of rotatable bonds is 8. The van der Waals surface area contributed by atoms with Gasteiger partial charge in [0.1, 0.15) is 0 Å². The molecule has 7 heteroatoms. The fourth-order valence-electron chi connectivity index (χ4n) is 4.65. The van der Waals surface area contributed by atoms with E-state index in [2.05, 4.69) is 38.3 Å². The summed E-state index contributed by atoms with van der Waals surface area (Å²) in [5, 5.41) is 6.16. The Morgan fingerprint density at radius 3 is 1.85 bits per heavy atom. The van der Waals surface area contributed by atoms with Gasteiger partial charge in [-0.05, 0) is 43.0 Å². The first kappa shape index (κ1) is 23.3. The summed E-state index contributed by atoms with van der Waals surface area (Å²) >= 11 is 0. The number of para-hydroxylation sites is 3. The van der Waals surface area contributed by atoms with Crippen LogP contribution < -0.4 is 15.5 Å². The Hall–Kier alpha value is -2.90. The number of amides is 2. The number of benzene rings is 2. The molecular weight excluding hydrogens is 414 g/mol. The molecule has 4 rings (SSSR count). The molecule has 7 nitrogen and oxygen atoms in total. The number of carbonyl (C=O) groups excluding carboxylic acids is 2. The van der Waals surface area contributed by atoms with Gasteiger partial charge in [-0.15, -0.1) is 0 Å². The molecule has 2 heterocycles. The minimum Gasteiger partial charge on any atom is -0.370 e. The molecule has 2 saturated heterocycles. The Kier molecular flexibility index (Phi) is 7.96. The zero-order valence-electron chi connectivity index (χ0n) is 19.6. The van der Waals surface area contributed by atoms with Gasteiger partial charge in [0.25, 0.3) is 0 Å². The molecule has 0 saturated carbocycles. The van der Waals surface area contributed by atoms with Crippen molar-refractivity contribution in [1.82, 2.24) is 9.80 Å². The molecular formula is C26H35N5O2. The molecule has 2 N–H and O–H groups in total. The Morgan fingerprint density at radius 1 is 0.727 bits per heavy atom. The molecule has 2 fully saturated rings. The maximum Gasteiger partial charge on any atom is 0.238 e. The van der Waals surface area contributed by atoms with Crippen LogP contribution in [0.1, 0.15) is 25.3 Å². The van der Waals surface area contributed by atoms with Crippen LogP contribution in [-0.2, 0) is 16.0 Å². The van der Waals surface area contributed by atoms with E-state index in [1.807, 2.05) is 42.5 Å². The molecule has 176 valence electrons. The Bertz CT molecular complexity index is 949. The number of hydrogen-bond acceptors (Lipinski definition) is 5. The number of anilines is 3. The van der Waals surface area contributed by atoms with Crippen molar-refractivity contribution in [2.75, 3.05) is 67.9 Å². The van der Waals surface area contributed by atoms with Gasteiger partial charge in [0, 0.05) is 45.0 Å². The monoisotopic (exact) mass is 449 g/mol. The third kappa shape index (κ3) is 6.33. The van der Waals surface area contributed by atoms with Crippen LogP contribution >= 0.6 is 0 Å². The largest absolute Gasteiger partial charge is 0.370 e. The fraction of sp³-hybridized carbons (Fsp3) is 0.462. The lowest BCUT2D eigenvalue weighted by atomic mass is 10.1. The molecule has 2 aromatic carbocycles. The van der Waals surface area contributed by atoms with Crippen LogP contribution in [0.5, 0.6) is 0 Å². The van der Waals surface area contributed by atoms with Gasteiger partial charge < -0.3 is 15.5 Å². The SMILES string of the molecule is CCc1ccccc1NC(=O)CN1CCN(CC(=O)Nc2ccccc2N2CCCC2)CC1. The van der Waals surface area contributed by atoms with Gasteiger partial charge in [0.2, 0.25) is 11.8 Å². The molecule has 0 atom stereocenters. The van der Waals surface area contributed by atoms with E-state index >= 15 is 0 Å². The number of piperazine rings is 1. The van der Waals surface area contributed by atoms with E-state index in [9.17, 15) is 9.59 Å². The molecule has 0 spiro atoms. The first-order valence-electron chi connectivity index (χ1n) is 12.1. The smallest absolute Gasteiger partial charge is 0.238 e. The van der Waals surface area contributed by atoms with Crippen LogP contribution in [0.4, 0.5) is 17.1 Å². The first-order valence-corrected chi connectivity index (χ1v) is 12.1. The van der Waals surface area contributed by atoms with E-state index in [0.717, 1.165) is 68.3 Å². The van der Waals surface area contributed by atoms with Crippen LogP contribution in [-0.4, -0.2) is 74.0 Å². The van der Waals surface area contributed by atoms with Gasteiger partial charge in [0.05, 0.1) is 24.5 Å². The first-order chi connectivity index (χ1) is 16.1. The minimum absolute atomic E-state index is 0.0145. The van der Waals surface area contributed by atoms with E-state index < -0.39 is 0 Å². The number of aryl methyl sites for hydroxylation is 1. The van der Waals surface area contributed by atoms with Crippen LogP contribution in [0.2, 0.25) is 0 Å². The van der Waals surface area contributed by atoms with E-state index in [-0.39, 0.29) is 11.8 Å². The predicted molar refractivity (Wildman–Crippen MR) is 134 cm³/mol. The Balaban J connectivity index is 1.22.